The van der Waals surface area contributed by atoms with Gasteiger partial charge in [-0.25, -0.2) is 9.07 Å². The highest BCUT2D eigenvalue weighted by Crippen LogP contribution is 2.08. The van der Waals surface area contributed by atoms with Gasteiger partial charge in [-0.3, -0.25) is 9.59 Å². The molecule has 0 spiro atoms. The molecule has 0 saturated heterocycles. The number of rotatable bonds is 5. The van der Waals surface area contributed by atoms with Gasteiger partial charge in [-0.1, -0.05) is 23.4 Å². The van der Waals surface area contributed by atoms with Crippen LogP contribution in [0.25, 0.3) is 0 Å². The molecule has 0 aliphatic carbocycles. The van der Waals surface area contributed by atoms with Crippen molar-refractivity contribution in [2.45, 2.75) is 6.54 Å². The van der Waals surface area contributed by atoms with Crippen LogP contribution in [0.4, 0.5) is 4.39 Å². The van der Waals surface area contributed by atoms with Crippen molar-refractivity contribution in [2.24, 2.45) is 0 Å². The van der Waals surface area contributed by atoms with Gasteiger partial charge in [-0.15, -0.1) is 5.10 Å². The summed E-state index contributed by atoms with van der Waals surface area (Å²) in [6.45, 7) is -0.0978. The van der Waals surface area contributed by atoms with Gasteiger partial charge in [0.15, 0.2) is 5.69 Å². The summed E-state index contributed by atoms with van der Waals surface area (Å²) in [5, 5.41) is 9.75. The quantitative estimate of drug-likeness (QED) is 0.805. The second kappa shape index (κ2) is 6.60. The summed E-state index contributed by atoms with van der Waals surface area (Å²) in [4.78, 5) is 22.6. The zero-order chi connectivity index (χ0) is 15.2. The summed E-state index contributed by atoms with van der Waals surface area (Å²) in [6, 6.07) is 6.26. The Morgan fingerprint density at radius 3 is 2.86 bits per heavy atom. The Kier molecular flexibility index (Phi) is 4.60. The number of methoxy groups -OCH3 is 1. The molecule has 0 radical (unpaired) electrons. The van der Waals surface area contributed by atoms with E-state index < -0.39 is 11.9 Å². The Bertz CT molecular complexity index is 656. The van der Waals surface area contributed by atoms with Crippen molar-refractivity contribution in [2.75, 3.05) is 13.7 Å². The topological polar surface area (TPSA) is 86.1 Å². The first kappa shape index (κ1) is 14.6. The van der Waals surface area contributed by atoms with E-state index in [1.807, 2.05) is 0 Å². The van der Waals surface area contributed by atoms with Gasteiger partial charge < -0.3 is 10.1 Å². The molecule has 0 fully saturated rings. The van der Waals surface area contributed by atoms with E-state index in [1.165, 1.54) is 24.1 Å². The second-order valence-corrected chi connectivity index (χ2v) is 4.15. The maximum Gasteiger partial charge on any atom is 0.325 e. The number of hydrogen-bond donors (Lipinski definition) is 1. The lowest BCUT2D eigenvalue weighted by molar-refractivity contribution is -0.139. The average molecular weight is 292 g/mol. The van der Waals surface area contributed by atoms with Gasteiger partial charge in [0.2, 0.25) is 0 Å². The predicted molar refractivity (Wildman–Crippen MR) is 69.9 cm³/mol. The van der Waals surface area contributed by atoms with Crippen LogP contribution in [-0.4, -0.2) is 40.5 Å². The van der Waals surface area contributed by atoms with Crippen LogP contribution in [-0.2, 0) is 16.1 Å². The fourth-order valence-corrected chi connectivity index (χ4v) is 1.60. The van der Waals surface area contributed by atoms with E-state index in [-0.39, 0.29) is 24.6 Å². The first-order chi connectivity index (χ1) is 10.1. The van der Waals surface area contributed by atoms with Crippen LogP contribution in [0.1, 0.15) is 16.1 Å². The minimum Gasteiger partial charge on any atom is -0.468 e. The van der Waals surface area contributed by atoms with E-state index in [2.05, 4.69) is 20.4 Å². The van der Waals surface area contributed by atoms with E-state index in [9.17, 15) is 14.0 Å². The van der Waals surface area contributed by atoms with Crippen molar-refractivity contribution in [3.05, 3.63) is 47.5 Å². The molecular weight excluding hydrogens is 279 g/mol. The highest BCUT2D eigenvalue weighted by Gasteiger charge is 2.13. The second-order valence-electron chi connectivity index (χ2n) is 4.15. The summed E-state index contributed by atoms with van der Waals surface area (Å²) in [7, 11) is 1.22. The molecule has 1 amide bonds. The number of amides is 1. The number of nitrogens with zero attached hydrogens (tertiary/aromatic N) is 3. The van der Waals surface area contributed by atoms with E-state index >= 15 is 0 Å². The average Bonchev–Trinajstić information content (AvgIpc) is 2.95. The van der Waals surface area contributed by atoms with Crippen molar-refractivity contribution in [3.8, 4) is 0 Å². The maximum absolute atomic E-state index is 13.5. The Morgan fingerprint density at radius 2 is 2.14 bits per heavy atom. The lowest BCUT2D eigenvalue weighted by Gasteiger charge is -2.02. The molecule has 0 atom stereocenters. The minimum absolute atomic E-state index is 0.0373. The van der Waals surface area contributed by atoms with Gasteiger partial charge in [0.25, 0.3) is 5.91 Å². The first-order valence-electron chi connectivity index (χ1n) is 6.08. The van der Waals surface area contributed by atoms with Gasteiger partial charge in [0.1, 0.15) is 12.4 Å². The van der Waals surface area contributed by atoms with E-state index in [4.69, 9.17) is 0 Å². The van der Waals surface area contributed by atoms with Gasteiger partial charge in [0.05, 0.1) is 19.9 Å². The highest BCUT2D eigenvalue weighted by atomic mass is 19.1. The summed E-state index contributed by atoms with van der Waals surface area (Å²) in [5.74, 6) is -1.48. The zero-order valence-electron chi connectivity index (χ0n) is 11.2. The SMILES string of the molecule is COC(=O)CNC(=O)c1cn(Cc2ccccc2F)nn1. The normalized spacial score (nSPS) is 10.2. The number of halogens is 1. The maximum atomic E-state index is 13.5. The predicted octanol–water partition coefficient (Wildman–Crippen LogP) is 0.368. The van der Waals surface area contributed by atoms with Crippen molar-refractivity contribution in [1.29, 1.82) is 0 Å². The molecule has 0 aliphatic rings. The summed E-state index contributed by atoms with van der Waals surface area (Å²) < 4.78 is 19.2. The molecule has 21 heavy (non-hydrogen) atoms. The van der Waals surface area contributed by atoms with Crippen LogP contribution in [0.2, 0.25) is 0 Å². The molecule has 1 heterocycles. The number of carbonyl (C=O) groups is 2. The molecular formula is C13H13FN4O3. The molecule has 1 aromatic carbocycles. The van der Waals surface area contributed by atoms with E-state index in [1.54, 1.807) is 18.2 Å². The van der Waals surface area contributed by atoms with Crippen LogP contribution in [0.3, 0.4) is 0 Å². The smallest absolute Gasteiger partial charge is 0.325 e. The lowest BCUT2D eigenvalue weighted by atomic mass is 10.2. The van der Waals surface area contributed by atoms with Gasteiger partial charge >= 0.3 is 5.97 Å². The van der Waals surface area contributed by atoms with Crippen LogP contribution >= 0.6 is 0 Å². The van der Waals surface area contributed by atoms with Gasteiger partial charge in [0, 0.05) is 5.56 Å². The molecule has 0 aliphatic heterocycles. The van der Waals surface area contributed by atoms with Crippen LogP contribution in [0.5, 0.6) is 0 Å². The molecule has 110 valence electrons. The van der Waals surface area contributed by atoms with Gasteiger partial charge in [-0.2, -0.15) is 0 Å². The Morgan fingerprint density at radius 1 is 1.38 bits per heavy atom. The molecule has 8 heteroatoms. The van der Waals surface area contributed by atoms with Crippen LogP contribution in [0, 0.1) is 5.82 Å². The zero-order valence-corrected chi connectivity index (χ0v) is 11.2. The third-order valence-corrected chi connectivity index (χ3v) is 2.68. The highest BCUT2D eigenvalue weighted by molar-refractivity contribution is 5.93. The summed E-state index contributed by atoms with van der Waals surface area (Å²) >= 11 is 0. The molecule has 0 unspecified atom stereocenters. The van der Waals surface area contributed by atoms with Crippen LogP contribution in [0.15, 0.2) is 30.5 Å². The summed E-state index contributed by atoms with van der Waals surface area (Å²) in [5.41, 5.74) is 0.471. The molecule has 7 nitrogen and oxygen atoms in total. The van der Waals surface area contributed by atoms with Crippen molar-refractivity contribution >= 4 is 11.9 Å². The Hall–Kier alpha value is -2.77. The largest absolute Gasteiger partial charge is 0.468 e. The number of esters is 1. The third kappa shape index (κ3) is 3.85. The van der Waals surface area contributed by atoms with Crippen molar-refractivity contribution < 1.29 is 18.7 Å². The van der Waals surface area contributed by atoms with Crippen LogP contribution < -0.4 is 5.32 Å². The lowest BCUT2D eigenvalue weighted by Crippen LogP contribution is -2.30. The molecule has 1 N–H and O–H groups in total. The number of carbonyl (C=O) groups excluding carboxylic acids is 2. The number of hydrogen-bond acceptors (Lipinski definition) is 5. The fourth-order valence-electron chi connectivity index (χ4n) is 1.60. The van der Waals surface area contributed by atoms with E-state index in [0.717, 1.165) is 0 Å². The number of nitrogens with one attached hydrogen (secondary N) is 1. The first-order valence-corrected chi connectivity index (χ1v) is 6.08. The Balaban J connectivity index is 2.00. The monoisotopic (exact) mass is 292 g/mol. The molecule has 2 rings (SSSR count). The van der Waals surface area contributed by atoms with Crippen molar-refractivity contribution in [3.63, 3.8) is 0 Å². The molecule has 0 bridgehead atoms. The fraction of sp³-hybridized carbons (Fsp3) is 0.231. The molecule has 1 aromatic heterocycles. The standard InChI is InChI=1S/C13H13FN4O3/c1-21-12(19)6-15-13(20)11-8-18(17-16-11)7-9-4-2-3-5-10(9)14/h2-5,8H,6-7H2,1H3,(H,15,20). The summed E-state index contributed by atoms with van der Waals surface area (Å²) in [6.07, 6.45) is 1.37. The number of aromatic nitrogens is 3. The minimum atomic E-state index is -0.568. The third-order valence-electron chi connectivity index (χ3n) is 2.68. The molecule has 2 aromatic rings. The van der Waals surface area contributed by atoms with Gasteiger partial charge in [-0.05, 0) is 6.07 Å². The number of ether oxygens (including phenoxy) is 1. The number of benzene rings is 1. The molecule has 0 saturated carbocycles. The Labute approximate surface area is 119 Å². The van der Waals surface area contributed by atoms with Crippen molar-refractivity contribution in [1.82, 2.24) is 20.3 Å². The van der Waals surface area contributed by atoms with E-state index in [0.29, 0.717) is 5.56 Å².